The van der Waals surface area contributed by atoms with Gasteiger partial charge in [0.2, 0.25) is 16.0 Å². The standard InChI is InChI=1S/C10H15N5O2S/c1-7-3-4-8-9(13-7)15(10(11)14-8)6-5-12-18(2,16)17/h3-4,12H,5-6H2,1-2H3,(H2,11,14). The van der Waals surface area contributed by atoms with Gasteiger partial charge in [-0.05, 0) is 19.1 Å². The topological polar surface area (TPSA) is 103 Å². The van der Waals surface area contributed by atoms with Crippen molar-refractivity contribution in [1.82, 2.24) is 19.3 Å². The Bertz CT molecular complexity index is 677. The molecule has 7 nitrogen and oxygen atoms in total. The van der Waals surface area contributed by atoms with E-state index in [9.17, 15) is 8.42 Å². The third kappa shape index (κ3) is 2.77. The lowest BCUT2D eigenvalue weighted by molar-refractivity contribution is 0.580. The number of hydrogen-bond acceptors (Lipinski definition) is 5. The summed E-state index contributed by atoms with van der Waals surface area (Å²) in [6.45, 7) is 2.53. The van der Waals surface area contributed by atoms with E-state index >= 15 is 0 Å². The number of nitrogens with two attached hydrogens (primary N) is 1. The first-order valence-electron chi connectivity index (χ1n) is 5.41. The lowest BCUT2D eigenvalue weighted by Gasteiger charge is -2.06. The molecule has 0 bridgehead atoms. The largest absolute Gasteiger partial charge is 0.369 e. The van der Waals surface area contributed by atoms with Gasteiger partial charge in [0.15, 0.2) is 5.65 Å². The van der Waals surface area contributed by atoms with Crippen LogP contribution in [0.5, 0.6) is 0 Å². The van der Waals surface area contributed by atoms with Crippen LogP contribution in [0.1, 0.15) is 5.69 Å². The van der Waals surface area contributed by atoms with E-state index in [1.54, 1.807) is 4.57 Å². The van der Waals surface area contributed by atoms with Gasteiger partial charge >= 0.3 is 0 Å². The Balaban J connectivity index is 2.27. The Labute approximate surface area is 105 Å². The van der Waals surface area contributed by atoms with E-state index in [1.807, 2.05) is 19.1 Å². The van der Waals surface area contributed by atoms with E-state index < -0.39 is 10.0 Å². The van der Waals surface area contributed by atoms with Crippen molar-refractivity contribution in [3.8, 4) is 0 Å². The van der Waals surface area contributed by atoms with Crippen molar-refractivity contribution in [2.45, 2.75) is 13.5 Å². The van der Waals surface area contributed by atoms with E-state index in [4.69, 9.17) is 5.73 Å². The fourth-order valence-electron chi connectivity index (χ4n) is 1.68. The molecule has 2 heterocycles. The van der Waals surface area contributed by atoms with Crippen molar-refractivity contribution >= 4 is 27.1 Å². The normalized spacial score (nSPS) is 12.1. The first-order valence-corrected chi connectivity index (χ1v) is 7.30. The van der Waals surface area contributed by atoms with Gasteiger partial charge < -0.3 is 5.73 Å². The summed E-state index contributed by atoms with van der Waals surface area (Å²) in [5.74, 6) is 0.332. The molecule has 0 aliphatic rings. The van der Waals surface area contributed by atoms with E-state index in [-0.39, 0.29) is 6.54 Å². The molecular weight excluding hydrogens is 254 g/mol. The zero-order chi connectivity index (χ0) is 13.3. The highest BCUT2D eigenvalue weighted by Crippen LogP contribution is 2.15. The van der Waals surface area contributed by atoms with Gasteiger partial charge in [-0.3, -0.25) is 4.57 Å². The fraction of sp³-hybridized carbons (Fsp3) is 0.400. The molecule has 0 spiro atoms. The second kappa shape index (κ2) is 4.54. The van der Waals surface area contributed by atoms with Crippen LogP contribution in [-0.4, -0.2) is 35.8 Å². The van der Waals surface area contributed by atoms with Crippen molar-refractivity contribution < 1.29 is 8.42 Å². The first-order chi connectivity index (χ1) is 8.37. The monoisotopic (exact) mass is 269 g/mol. The molecular formula is C10H15N5O2S. The molecule has 98 valence electrons. The van der Waals surface area contributed by atoms with Crippen molar-refractivity contribution in [3.05, 3.63) is 17.8 Å². The second-order valence-corrected chi connectivity index (χ2v) is 5.92. The zero-order valence-electron chi connectivity index (χ0n) is 10.2. The predicted molar refractivity (Wildman–Crippen MR) is 69.5 cm³/mol. The summed E-state index contributed by atoms with van der Waals surface area (Å²) >= 11 is 0. The highest BCUT2D eigenvalue weighted by molar-refractivity contribution is 7.88. The quantitative estimate of drug-likeness (QED) is 0.805. The molecule has 2 aromatic rings. The molecule has 0 unspecified atom stereocenters. The van der Waals surface area contributed by atoms with Crippen LogP contribution < -0.4 is 10.5 Å². The summed E-state index contributed by atoms with van der Waals surface area (Å²) in [6.07, 6.45) is 1.12. The Hall–Kier alpha value is -1.67. The molecule has 0 aliphatic heterocycles. The van der Waals surface area contributed by atoms with Crippen LogP contribution >= 0.6 is 0 Å². The third-order valence-electron chi connectivity index (χ3n) is 2.46. The molecule has 0 amide bonds. The SMILES string of the molecule is Cc1ccc2nc(N)n(CCNS(C)(=O)=O)c2n1. The number of rotatable bonds is 4. The summed E-state index contributed by atoms with van der Waals surface area (Å²) < 4.78 is 26.1. The lowest BCUT2D eigenvalue weighted by Crippen LogP contribution is -2.26. The van der Waals surface area contributed by atoms with Crippen molar-refractivity contribution in [2.75, 3.05) is 18.5 Å². The molecule has 0 saturated heterocycles. The Morgan fingerprint density at radius 3 is 2.78 bits per heavy atom. The summed E-state index contributed by atoms with van der Waals surface area (Å²) in [5.41, 5.74) is 8.02. The predicted octanol–water partition coefficient (Wildman–Crippen LogP) is -0.129. The Kier molecular flexibility index (Phi) is 3.22. The lowest BCUT2D eigenvalue weighted by atomic mass is 10.3. The van der Waals surface area contributed by atoms with Gasteiger partial charge in [0.1, 0.15) is 5.52 Å². The molecule has 0 atom stereocenters. The molecule has 18 heavy (non-hydrogen) atoms. The van der Waals surface area contributed by atoms with E-state index in [0.29, 0.717) is 23.7 Å². The van der Waals surface area contributed by atoms with Crippen LogP contribution in [0.25, 0.3) is 11.2 Å². The Morgan fingerprint density at radius 1 is 1.39 bits per heavy atom. The molecule has 2 aromatic heterocycles. The van der Waals surface area contributed by atoms with Gasteiger partial charge in [0, 0.05) is 18.8 Å². The Morgan fingerprint density at radius 2 is 2.11 bits per heavy atom. The smallest absolute Gasteiger partial charge is 0.208 e. The first kappa shape index (κ1) is 12.8. The maximum absolute atomic E-state index is 11.0. The second-order valence-electron chi connectivity index (χ2n) is 4.08. The molecule has 0 aromatic carbocycles. The van der Waals surface area contributed by atoms with E-state index in [2.05, 4.69) is 14.7 Å². The summed E-state index contributed by atoms with van der Waals surface area (Å²) in [6, 6.07) is 3.70. The minimum atomic E-state index is -3.20. The number of anilines is 1. The fourth-order valence-corrected chi connectivity index (χ4v) is 2.14. The van der Waals surface area contributed by atoms with Crippen LogP contribution in [0.15, 0.2) is 12.1 Å². The minimum absolute atomic E-state index is 0.254. The number of nitrogens with zero attached hydrogens (tertiary/aromatic N) is 3. The molecule has 3 N–H and O–H groups in total. The number of hydrogen-bond donors (Lipinski definition) is 2. The highest BCUT2D eigenvalue weighted by Gasteiger charge is 2.10. The van der Waals surface area contributed by atoms with Gasteiger partial charge in [-0.2, -0.15) is 0 Å². The maximum Gasteiger partial charge on any atom is 0.208 e. The number of nitrogens with one attached hydrogen (secondary N) is 1. The minimum Gasteiger partial charge on any atom is -0.369 e. The van der Waals surface area contributed by atoms with Crippen molar-refractivity contribution in [2.24, 2.45) is 0 Å². The number of pyridine rings is 1. The number of imidazole rings is 1. The zero-order valence-corrected chi connectivity index (χ0v) is 11.0. The summed E-state index contributed by atoms with van der Waals surface area (Å²) in [5, 5.41) is 0. The molecule has 0 fully saturated rings. The maximum atomic E-state index is 11.0. The van der Waals surface area contributed by atoms with Crippen LogP contribution in [0.4, 0.5) is 5.95 Å². The van der Waals surface area contributed by atoms with Gasteiger partial charge in [0.25, 0.3) is 0 Å². The van der Waals surface area contributed by atoms with Gasteiger partial charge in [-0.15, -0.1) is 0 Å². The molecule has 0 radical (unpaired) electrons. The average Bonchev–Trinajstić information content (AvgIpc) is 2.54. The van der Waals surface area contributed by atoms with Crippen LogP contribution in [0.3, 0.4) is 0 Å². The average molecular weight is 269 g/mol. The number of aryl methyl sites for hydroxylation is 1. The van der Waals surface area contributed by atoms with Crippen LogP contribution in [-0.2, 0) is 16.6 Å². The molecule has 2 rings (SSSR count). The van der Waals surface area contributed by atoms with Crippen LogP contribution in [0, 0.1) is 6.92 Å². The molecule has 8 heteroatoms. The molecule has 0 saturated carbocycles. The van der Waals surface area contributed by atoms with Crippen molar-refractivity contribution in [3.63, 3.8) is 0 Å². The molecule has 0 aliphatic carbocycles. The van der Waals surface area contributed by atoms with E-state index in [1.165, 1.54) is 0 Å². The summed E-state index contributed by atoms with van der Waals surface area (Å²) in [7, 11) is -3.20. The van der Waals surface area contributed by atoms with Gasteiger partial charge in [-0.1, -0.05) is 0 Å². The van der Waals surface area contributed by atoms with E-state index in [0.717, 1.165) is 11.9 Å². The number of nitrogen functional groups attached to an aromatic ring is 1. The number of sulfonamides is 1. The van der Waals surface area contributed by atoms with Gasteiger partial charge in [0.05, 0.1) is 6.26 Å². The number of aromatic nitrogens is 3. The highest BCUT2D eigenvalue weighted by atomic mass is 32.2. The third-order valence-corrected chi connectivity index (χ3v) is 3.19. The van der Waals surface area contributed by atoms with Crippen molar-refractivity contribution in [1.29, 1.82) is 0 Å². The van der Waals surface area contributed by atoms with Crippen LogP contribution in [0.2, 0.25) is 0 Å². The number of fused-ring (bicyclic) bond motifs is 1. The summed E-state index contributed by atoms with van der Waals surface area (Å²) in [4.78, 5) is 8.53. The van der Waals surface area contributed by atoms with Gasteiger partial charge in [-0.25, -0.2) is 23.1 Å².